The third-order valence-corrected chi connectivity index (χ3v) is 5.86. The molecule has 0 radical (unpaired) electrons. The Labute approximate surface area is 130 Å². The highest BCUT2D eigenvalue weighted by Gasteiger charge is 2.30. The first-order chi connectivity index (χ1) is 9.75. The topological polar surface area (TPSA) is 54.5 Å². The van der Waals surface area contributed by atoms with Crippen LogP contribution < -0.4 is 0 Å². The summed E-state index contributed by atoms with van der Waals surface area (Å²) in [5.74, 6) is -0.0494. The van der Waals surface area contributed by atoms with Crippen LogP contribution in [0.2, 0.25) is 0 Å². The van der Waals surface area contributed by atoms with Crippen molar-refractivity contribution in [2.24, 2.45) is 5.41 Å². The highest BCUT2D eigenvalue weighted by Crippen LogP contribution is 2.34. The Morgan fingerprint density at radius 3 is 2.19 bits per heavy atom. The van der Waals surface area contributed by atoms with E-state index in [4.69, 9.17) is 10.7 Å². The molecule has 1 aromatic rings. The summed E-state index contributed by atoms with van der Waals surface area (Å²) in [7, 11) is 1.52. The van der Waals surface area contributed by atoms with E-state index < -0.39 is 9.05 Å². The van der Waals surface area contributed by atoms with Crippen LogP contribution in [0, 0.1) is 5.41 Å². The predicted octanol–water partition coefficient (Wildman–Crippen LogP) is 3.27. The first-order valence-corrected chi connectivity index (χ1v) is 9.40. The molecule has 1 aromatic carbocycles. The molecule has 0 aromatic heterocycles. The molecule has 0 bridgehead atoms. The molecular weight excluding hydrogens is 310 g/mol. The number of hydrogen-bond donors (Lipinski definition) is 0. The maximum atomic E-state index is 12.4. The van der Waals surface area contributed by atoms with Gasteiger partial charge in [0.15, 0.2) is 0 Å². The van der Waals surface area contributed by atoms with Crippen LogP contribution in [-0.4, -0.2) is 32.3 Å². The summed E-state index contributed by atoms with van der Waals surface area (Å²) in [6, 6.07) is 5.78. The SMILES string of the molecule is CCC1(C)CCN(C(=O)c2ccc(S(=O)(=O)Cl)cc2)CC1. The zero-order valence-corrected chi connectivity index (χ0v) is 13.9. The number of nitrogens with zero attached hydrogens (tertiary/aromatic N) is 1. The fourth-order valence-corrected chi connectivity index (χ4v) is 3.32. The van der Waals surface area contributed by atoms with E-state index >= 15 is 0 Å². The number of hydrogen-bond acceptors (Lipinski definition) is 3. The summed E-state index contributed by atoms with van der Waals surface area (Å²) in [5.41, 5.74) is 0.826. The van der Waals surface area contributed by atoms with Crippen molar-refractivity contribution in [3.8, 4) is 0 Å². The molecular formula is C15H20ClNO3S. The van der Waals surface area contributed by atoms with Gasteiger partial charge in [-0.1, -0.05) is 20.3 Å². The molecule has 1 aliphatic rings. The van der Waals surface area contributed by atoms with E-state index in [2.05, 4.69) is 13.8 Å². The molecule has 0 saturated carbocycles. The molecule has 1 amide bonds. The minimum atomic E-state index is -3.74. The van der Waals surface area contributed by atoms with Gasteiger partial charge < -0.3 is 4.90 Å². The fraction of sp³-hybridized carbons (Fsp3) is 0.533. The van der Waals surface area contributed by atoms with Crippen LogP contribution in [0.3, 0.4) is 0 Å². The molecule has 4 nitrogen and oxygen atoms in total. The first kappa shape index (κ1) is 16.3. The second kappa shape index (κ2) is 5.97. The third-order valence-electron chi connectivity index (χ3n) is 4.49. The van der Waals surface area contributed by atoms with Crippen molar-refractivity contribution in [3.63, 3.8) is 0 Å². The highest BCUT2D eigenvalue weighted by molar-refractivity contribution is 8.13. The van der Waals surface area contributed by atoms with Crippen LogP contribution in [0.15, 0.2) is 29.2 Å². The van der Waals surface area contributed by atoms with Crippen molar-refractivity contribution in [1.29, 1.82) is 0 Å². The normalized spacial score (nSPS) is 18.5. The van der Waals surface area contributed by atoms with Crippen molar-refractivity contribution in [2.45, 2.75) is 38.0 Å². The molecule has 0 spiro atoms. The number of halogens is 1. The third kappa shape index (κ3) is 3.77. The average molecular weight is 330 g/mol. The quantitative estimate of drug-likeness (QED) is 0.800. The molecule has 1 heterocycles. The number of carbonyl (C=O) groups excluding carboxylic acids is 1. The van der Waals surface area contributed by atoms with Crippen LogP contribution in [0.25, 0.3) is 0 Å². The van der Waals surface area contributed by atoms with Gasteiger partial charge in [-0.3, -0.25) is 4.79 Å². The van der Waals surface area contributed by atoms with Gasteiger partial charge in [-0.05, 0) is 42.5 Å². The summed E-state index contributed by atoms with van der Waals surface area (Å²) in [5, 5.41) is 0. The Bertz CT molecular complexity index is 617. The van der Waals surface area contributed by atoms with Crippen LogP contribution >= 0.6 is 10.7 Å². The maximum absolute atomic E-state index is 12.4. The molecule has 0 aliphatic carbocycles. The Morgan fingerprint density at radius 1 is 1.24 bits per heavy atom. The van der Waals surface area contributed by atoms with Gasteiger partial charge in [0, 0.05) is 29.3 Å². The zero-order valence-electron chi connectivity index (χ0n) is 12.3. The molecule has 6 heteroatoms. The summed E-state index contributed by atoms with van der Waals surface area (Å²) in [4.78, 5) is 14.3. The van der Waals surface area contributed by atoms with Crippen molar-refractivity contribution in [3.05, 3.63) is 29.8 Å². The van der Waals surface area contributed by atoms with Gasteiger partial charge in [0.2, 0.25) is 0 Å². The van der Waals surface area contributed by atoms with E-state index in [-0.39, 0.29) is 10.8 Å². The Kier molecular flexibility index (Phi) is 4.63. The number of amides is 1. The number of benzene rings is 1. The van der Waals surface area contributed by atoms with Gasteiger partial charge in [-0.2, -0.15) is 0 Å². The fourth-order valence-electron chi connectivity index (χ4n) is 2.55. The largest absolute Gasteiger partial charge is 0.339 e. The Hall–Kier alpha value is -1.07. The van der Waals surface area contributed by atoms with Gasteiger partial charge in [0.1, 0.15) is 0 Å². The van der Waals surface area contributed by atoms with Crippen LogP contribution in [0.1, 0.15) is 43.5 Å². The molecule has 21 heavy (non-hydrogen) atoms. The summed E-state index contributed by atoms with van der Waals surface area (Å²) in [6.45, 7) is 5.94. The van der Waals surface area contributed by atoms with Gasteiger partial charge in [0.05, 0.1) is 4.90 Å². The van der Waals surface area contributed by atoms with E-state index in [9.17, 15) is 13.2 Å². The maximum Gasteiger partial charge on any atom is 0.261 e. The van der Waals surface area contributed by atoms with E-state index in [0.29, 0.717) is 11.0 Å². The molecule has 116 valence electrons. The molecule has 0 unspecified atom stereocenters. The lowest BCUT2D eigenvalue weighted by atomic mass is 9.78. The smallest absolute Gasteiger partial charge is 0.261 e. The highest BCUT2D eigenvalue weighted by atomic mass is 35.7. The molecule has 1 fully saturated rings. The van der Waals surface area contributed by atoms with Crippen LogP contribution in [0.4, 0.5) is 0 Å². The summed E-state index contributed by atoms with van der Waals surface area (Å²) in [6.07, 6.45) is 3.13. The zero-order chi connectivity index (χ0) is 15.7. The number of carbonyl (C=O) groups is 1. The molecule has 0 N–H and O–H groups in total. The van der Waals surface area contributed by atoms with Crippen molar-refractivity contribution >= 4 is 25.6 Å². The van der Waals surface area contributed by atoms with Gasteiger partial charge in [-0.25, -0.2) is 8.42 Å². The van der Waals surface area contributed by atoms with Gasteiger partial charge in [0.25, 0.3) is 15.0 Å². The van der Waals surface area contributed by atoms with Crippen molar-refractivity contribution < 1.29 is 13.2 Å². The van der Waals surface area contributed by atoms with Crippen molar-refractivity contribution in [1.82, 2.24) is 4.90 Å². The number of likely N-dealkylation sites (tertiary alicyclic amines) is 1. The second-order valence-electron chi connectivity index (χ2n) is 5.92. The average Bonchev–Trinajstić information content (AvgIpc) is 2.47. The lowest BCUT2D eigenvalue weighted by Crippen LogP contribution is -2.41. The predicted molar refractivity (Wildman–Crippen MR) is 83.0 cm³/mol. The van der Waals surface area contributed by atoms with Crippen LogP contribution in [0.5, 0.6) is 0 Å². The minimum absolute atomic E-state index is 0.0120. The minimum Gasteiger partial charge on any atom is -0.339 e. The van der Waals surface area contributed by atoms with Crippen LogP contribution in [-0.2, 0) is 9.05 Å². The number of piperidine rings is 1. The van der Waals surface area contributed by atoms with E-state index in [0.717, 1.165) is 32.4 Å². The monoisotopic (exact) mass is 329 g/mol. The molecule has 1 aliphatic heterocycles. The molecule has 2 rings (SSSR count). The lowest BCUT2D eigenvalue weighted by molar-refractivity contribution is 0.0600. The van der Waals surface area contributed by atoms with E-state index in [1.165, 1.54) is 24.3 Å². The first-order valence-electron chi connectivity index (χ1n) is 7.09. The second-order valence-corrected chi connectivity index (χ2v) is 8.48. The summed E-state index contributed by atoms with van der Waals surface area (Å²) >= 11 is 0. The molecule has 1 saturated heterocycles. The van der Waals surface area contributed by atoms with Gasteiger partial charge in [-0.15, -0.1) is 0 Å². The Morgan fingerprint density at radius 2 is 1.76 bits per heavy atom. The summed E-state index contributed by atoms with van der Waals surface area (Å²) < 4.78 is 22.4. The lowest BCUT2D eigenvalue weighted by Gasteiger charge is -2.39. The Balaban J connectivity index is 2.08. The van der Waals surface area contributed by atoms with Crippen molar-refractivity contribution in [2.75, 3.05) is 13.1 Å². The molecule has 0 atom stereocenters. The van der Waals surface area contributed by atoms with E-state index in [1.54, 1.807) is 0 Å². The standard InChI is InChI=1S/C15H20ClNO3S/c1-3-15(2)8-10-17(11-9-15)14(18)12-4-6-13(7-5-12)21(16,19)20/h4-7H,3,8-11H2,1-2H3. The van der Waals surface area contributed by atoms with E-state index in [1.807, 2.05) is 4.90 Å². The van der Waals surface area contributed by atoms with Gasteiger partial charge >= 0.3 is 0 Å². The number of rotatable bonds is 3.